The Morgan fingerprint density at radius 1 is 0.577 bits per heavy atom. The van der Waals surface area contributed by atoms with Gasteiger partial charge in [0.15, 0.2) is 23.1 Å². The smallest absolute Gasteiger partial charge is 0.190 e. The Morgan fingerprint density at radius 3 is 1.31 bits per heavy atom. The molecule has 0 saturated carbocycles. The number of rotatable bonds is 2. The van der Waals surface area contributed by atoms with E-state index in [9.17, 15) is 19.2 Å². The van der Waals surface area contributed by atoms with Crippen LogP contribution < -0.4 is 0 Å². The van der Waals surface area contributed by atoms with Crippen LogP contribution in [0.4, 0.5) is 0 Å². The summed E-state index contributed by atoms with van der Waals surface area (Å²) in [5.41, 5.74) is 1.86. The third kappa shape index (κ3) is 2.30. The molecule has 0 unspecified atom stereocenters. The zero-order valence-corrected chi connectivity index (χ0v) is 14.0. The van der Waals surface area contributed by atoms with Crippen LogP contribution in [-0.2, 0) is 0 Å². The summed E-state index contributed by atoms with van der Waals surface area (Å²) >= 11 is 0. The molecule has 126 valence electrons. The largest absolute Gasteiger partial charge is 0.289 e. The fourth-order valence-electron chi connectivity index (χ4n) is 3.48. The highest BCUT2D eigenvalue weighted by atomic mass is 16.1. The quantitative estimate of drug-likeness (QED) is 0.836. The Hall–Kier alpha value is -3.40. The van der Waals surface area contributed by atoms with Gasteiger partial charge in [-0.25, -0.2) is 0 Å². The molecule has 0 spiro atoms. The number of ketones is 4. The maximum Gasteiger partial charge on any atom is 0.190 e. The van der Waals surface area contributed by atoms with Crippen LogP contribution >= 0.6 is 0 Å². The van der Waals surface area contributed by atoms with Crippen LogP contribution in [0.1, 0.15) is 48.4 Å². The first-order valence-corrected chi connectivity index (χ1v) is 8.28. The fourth-order valence-corrected chi connectivity index (χ4v) is 3.48. The molecule has 2 aliphatic rings. The SMILES string of the molecule is CC(C1=CC(=O)c2ccccc2C1=O)C1=CC(=O)c2ccccc2C1=O. The lowest BCUT2D eigenvalue weighted by Crippen LogP contribution is -2.26. The van der Waals surface area contributed by atoms with Crippen molar-refractivity contribution in [3.05, 3.63) is 94.1 Å². The van der Waals surface area contributed by atoms with E-state index in [0.717, 1.165) is 0 Å². The second-order valence-electron chi connectivity index (χ2n) is 6.40. The molecule has 0 aliphatic heterocycles. The Morgan fingerprint density at radius 2 is 0.923 bits per heavy atom. The van der Waals surface area contributed by atoms with Crippen LogP contribution in [0.5, 0.6) is 0 Å². The topological polar surface area (TPSA) is 68.3 Å². The van der Waals surface area contributed by atoms with Crippen LogP contribution in [-0.4, -0.2) is 23.1 Å². The maximum absolute atomic E-state index is 12.8. The average molecular weight is 342 g/mol. The fraction of sp³-hybridized carbons (Fsp3) is 0.0909. The monoisotopic (exact) mass is 342 g/mol. The Bertz CT molecular complexity index is 984. The van der Waals surface area contributed by atoms with E-state index in [2.05, 4.69) is 0 Å². The lowest BCUT2D eigenvalue weighted by Gasteiger charge is -2.24. The number of carbonyl (C=O) groups excluding carboxylic acids is 4. The zero-order chi connectivity index (χ0) is 18.4. The van der Waals surface area contributed by atoms with E-state index in [-0.39, 0.29) is 34.3 Å². The molecular weight excluding hydrogens is 328 g/mol. The summed E-state index contributed by atoms with van der Waals surface area (Å²) in [6.07, 6.45) is 2.57. The third-order valence-corrected chi connectivity index (χ3v) is 4.90. The molecule has 0 amide bonds. The van der Waals surface area contributed by atoms with E-state index in [1.807, 2.05) is 0 Å². The highest BCUT2D eigenvalue weighted by molar-refractivity contribution is 6.28. The minimum Gasteiger partial charge on any atom is -0.289 e. The van der Waals surface area contributed by atoms with E-state index in [1.54, 1.807) is 55.5 Å². The average Bonchev–Trinajstić information content (AvgIpc) is 2.67. The summed E-state index contributed by atoms with van der Waals surface area (Å²) in [4.78, 5) is 50.4. The summed E-state index contributed by atoms with van der Waals surface area (Å²) in [6, 6.07) is 13.2. The molecule has 26 heavy (non-hydrogen) atoms. The minimum absolute atomic E-state index is 0.237. The summed E-state index contributed by atoms with van der Waals surface area (Å²) in [5, 5.41) is 0. The molecule has 4 nitrogen and oxygen atoms in total. The lowest BCUT2D eigenvalue weighted by atomic mass is 9.76. The van der Waals surface area contributed by atoms with Crippen molar-refractivity contribution in [3.8, 4) is 0 Å². The van der Waals surface area contributed by atoms with Gasteiger partial charge in [0, 0.05) is 39.3 Å². The first-order chi connectivity index (χ1) is 12.5. The second kappa shape index (κ2) is 5.85. The van der Waals surface area contributed by atoms with Crippen molar-refractivity contribution < 1.29 is 19.2 Å². The molecule has 0 aromatic heterocycles. The van der Waals surface area contributed by atoms with Crippen molar-refractivity contribution in [1.82, 2.24) is 0 Å². The van der Waals surface area contributed by atoms with Gasteiger partial charge in [-0.2, -0.15) is 0 Å². The molecule has 2 aromatic rings. The number of allylic oxidation sites excluding steroid dienone is 4. The molecule has 0 N–H and O–H groups in total. The van der Waals surface area contributed by atoms with E-state index in [0.29, 0.717) is 22.3 Å². The summed E-state index contributed by atoms with van der Waals surface area (Å²) in [7, 11) is 0. The number of fused-ring (bicyclic) bond motifs is 2. The van der Waals surface area contributed by atoms with Gasteiger partial charge in [0.1, 0.15) is 0 Å². The van der Waals surface area contributed by atoms with Gasteiger partial charge in [-0.1, -0.05) is 55.5 Å². The maximum atomic E-state index is 12.8. The molecule has 0 radical (unpaired) electrons. The van der Waals surface area contributed by atoms with Crippen LogP contribution in [0.15, 0.2) is 71.8 Å². The van der Waals surface area contributed by atoms with Crippen LogP contribution in [0.25, 0.3) is 0 Å². The van der Waals surface area contributed by atoms with Crippen molar-refractivity contribution in [2.45, 2.75) is 6.92 Å². The summed E-state index contributed by atoms with van der Waals surface area (Å²) in [6.45, 7) is 1.68. The molecule has 0 heterocycles. The van der Waals surface area contributed by atoms with Gasteiger partial charge in [0.25, 0.3) is 0 Å². The molecule has 0 atom stereocenters. The predicted octanol–water partition coefficient (Wildman–Crippen LogP) is 3.63. The zero-order valence-electron chi connectivity index (χ0n) is 14.0. The van der Waals surface area contributed by atoms with Gasteiger partial charge in [-0.15, -0.1) is 0 Å². The van der Waals surface area contributed by atoms with Crippen LogP contribution in [0.3, 0.4) is 0 Å². The van der Waals surface area contributed by atoms with E-state index in [4.69, 9.17) is 0 Å². The third-order valence-electron chi connectivity index (χ3n) is 4.90. The van der Waals surface area contributed by atoms with Crippen molar-refractivity contribution in [2.75, 3.05) is 0 Å². The van der Waals surface area contributed by atoms with Gasteiger partial charge in [0.05, 0.1) is 0 Å². The van der Waals surface area contributed by atoms with Crippen molar-refractivity contribution in [3.63, 3.8) is 0 Å². The van der Waals surface area contributed by atoms with E-state index in [1.165, 1.54) is 12.2 Å². The predicted molar refractivity (Wildman–Crippen MR) is 95.5 cm³/mol. The first-order valence-electron chi connectivity index (χ1n) is 8.28. The normalized spacial score (nSPS) is 16.2. The molecule has 0 bridgehead atoms. The van der Waals surface area contributed by atoms with Gasteiger partial charge in [-0.05, 0) is 12.2 Å². The number of carbonyl (C=O) groups is 4. The molecular formula is C22H14O4. The lowest BCUT2D eigenvalue weighted by molar-refractivity contribution is 0.0961. The number of benzene rings is 2. The molecule has 0 saturated heterocycles. The second-order valence-corrected chi connectivity index (χ2v) is 6.40. The van der Waals surface area contributed by atoms with Gasteiger partial charge in [-0.3, -0.25) is 19.2 Å². The molecule has 2 aliphatic carbocycles. The Balaban J connectivity index is 1.77. The number of hydrogen-bond acceptors (Lipinski definition) is 4. The summed E-state index contributed by atoms with van der Waals surface area (Å²) < 4.78 is 0. The standard InChI is InChI=1S/C22H14O4/c1-12(17-10-19(23)13-6-2-4-8-15(13)21(17)25)18-11-20(24)14-7-3-5-9-16(14)22(18)26/h2-12H,1H3. The van der Waals surface area contributed by atoms with E-state index < -0.39 is 5.92 Å². The van der Waals surface area contributed by atoms with Gasteiger partial charge < -0.3 is 0 Å². The highest BCUT2D eigenvalue weighted by Crippen LogP contribution is 2.33. The van der Waals surface area contributed by atoms with Crippen molar-refractivity contribution in [1.29, 1.82) is 0 Å². The van der Waals surface area contributed by atoms with Crippen LogP contribution in [0.2, 0.25) is 0 Å². The number of hydrogen-bond donors (Lipinski definition) is 0. The van der Waals surface area contributed by atoms with Gasteiger partial charge in [0.2, 0.25) is 0 Å². The molecule has 2 aromatic carbocycles. The molecule has 4 rings (SSSR count). The van der Waals surface area contributed by atoms with Crippen molar-refractivity contribution >= 4 is 23.1 Å². The van der Waals surface area contributed by atoms with Crippen molar-refractivity contribution in [2.24, 2.45) is 5.92 Å². The molecule has 0 fully saturated rings. The number of Topliss-reactive ketones (excluding diaryl/α,β-unsaturated/α-hetero) is 2. The van der Waals surface area contributed by atoms with Gasteiger partial charge >= 0.3 is 0 Å². The Labute approximate surface area is 149 Å². The first kappa shape index (κ1) is 16.1. The van der Waals surface area contributed by atoms with E-state index >= 15 is 0 Å². The Kier molecular flexibility index (Phi) is 3.62. The minimum atomic E-state index is -0.649. The van der Waals surface area contributed by atoms with Crippen LogP contribution in [0, 0.1) is 5.92 Å². The molecule has 4 heteroatoms. The highest BCUT2D eigenvalue weighted by Gasteiger charge is 2.34. The summed E-state index contributed by atoms with van der Waals surface area (Å²) in [5.74, 6) is -1.75.